The van der Waals surface area contributed by atoms with Gasteiger partial charge >= 0.3 is 17.9 Å². The number of benzene rings is 4. The number of esters is 2. The van der Waals surface area contributed by atoms with Gasteiger partial charge in [-0.15, -0.1) is 0 Å². The first-order chi connectivity index (χ1) is 43.0. The number of carbonyl (C=O) groups excluding carboxylic acids is 7. The lowest BCUT2D eigenvalue weighted by Gasteiger charge is -2.31. The van der Waals surface area contributed by atoms with Crippen LogP contribution in [0, 0.1) is 30.1 Å². The van der Waals surface area contributed by atoms with Gasteiger partial charge in [0.1, 0.15) is 43.0 Å². The summed E-state index contributed by atoms with van der Waals surface area (Å²) in [7, 11) is 1.55. The van der Waals surface area contributed by atoms with Crippen LogP contribution in [0.3, 0.4) is 0 Å². The van der Waals surface area contributed by atoms with Crippen molar-refractivity contribution in [3.8, 4) is 28.7 Å². The van der Waals surface area contributed by atoms with Crippen LogP contribution < -0.4 is 37.3 Å². The summed E-state index contributed by atoms with van der Waals surface area (Å²) in [5, 5.41) is 24.3. The van der Waals surface area contributed by atoms with Gasteiger partial charge in [0, 0.05) is 93.7 Å². The molecule has 5 rings (SSSR count). The average molecular weight is 1240 g/mol. The molecule has 0 unspecified atom stereocenters. The zero-order valence-corrected chi connectivity index (χ0v) is 53.9. The minimum Gasteiger partial charge on any atom is -0.492 e. The number of carboxylic acids is 1. The summed E-state index contributed by atoms with van der Waals surface area (Å²) < 4.78 is 22.8. The molecule has 4 bridgehead atoms. The largest absolute Gasteiger partial charge is 0.492 e. The highest BCUT2D eigenvalue weighted by Gasteiger charge is 2.35. The van der Waals surface area contributed by atoms with Crippen molar-refractivity contribution < 1.29 is 62.4 Å². The molecule has 4 aromatic rings. The number of ketones is 2. The first kappa shape index (κ1) is 74.5. The van der Waals surface area contributed by atoms with Crippen LogP contribution in [0.4, 0.5) is 0 Å². The standard InChI is InChI=1S/C48H65N7O7.C22H32O6/c1-5-6-10-33-13-16-37(31(2)25-33)48(60)53-36(11-7-8-19-49)30-45(58)55(4)46-35-15-18-44(62-24-22-52)39(29-35)38-27-34(14-17-43(38)61-23-21-51)28-40(41(56)12-9-20-50)54-47(59)32(3)26-42(46)57;1-22(2,3)28-20(25)13-9-5-8-12-18(14-19(23)24)15-21(26)27-16-17-10-6-4-7-11-17/h13-18,25,27,29,32,36,40,46H,5-12,19,21-24,26,28,30,49,51-52H2,1-4H3,(H,53,60)(H,54,59);4,6-7,10-11,18H,5,8-9,12-16H2,1-3H3,(H,23,24)/t32-,36-,40+,46+;18-/m11/s1. The third-order valence-electron chi connectivity index (χ3n) is 15.3. The second-order valence-electron chi connectivity index (χ2n) is 24.1. The molecule has 490 valence electrons. The topological polar surface area (TPSA) is 323 Å². The van der Waals surface area contributed by atoms with Gasteiger partial charge in [0.2, 0.25) is 11.8 Å². The number of amides is 3. The second kappa shape index (κ2) is 39.2. The van der Waals surface area contributed by atoms with Crippen molar-refractivity contribution in [2.45, 2.75) is 187 Å². The number of nitriles is 1. The Morgan fingerprint density at radius 3 is 2.08 bits per heavy atom. The molecule has 0 spiro atoms. The highest BCUT2D eigenvalue weighted by atomic mass is 16.6. The SMILES string of the molecule is CC(C)(C)OC(=O)CCCCC[C@H](CC(=O)O)CC(=O)OCc1ccccc1.CCCCc1ccc(C(=O)N[C@H](CCCCN)CC(=O)N(C)[C@@H]2C(=O)C[C@@H](C)C(=O)N[C@H](C(=O)CCC#N)Cc3ccc(OCCN)c(c3)-c3cc2ccc3OCCN)c(C)c1. The molecule has 5 atom stereocenters. The van der Waals surface area contributed by atoms with E-state index in [1.807, 2.05) is 88.4 Å². The third-order valence-corrected chi connectivity index (χ3v) is 15.3. The number of ether oxygens (including phenoxy) is 4. The van der Waals surface area contributed by atoms with Crippen molar-refractivity contribution in [1.29, 1.82) is 5.26 Å². The number of carboxylic acid groups (broad SMARTS) is 1. The summed E-state index contributed by atoms with van der Waals surface area (Å²) in [6, 6.07) is 25.1. The van der Waals surface area contributed by atoms with E-state index in [1.54, 1.807) is 44.3 Å². The van der Waals surface area contributed by atoms with E-state index in [1.165, 1.54) is 4.90 Å². The number of unbranched alkanes of at least 4 members (excludes halogenated alkanes) is 4. The molecule has 4 aromatic carbocycles. The molecule has 1 aliphatic rings. The summed E-state index contributed by atoms with van der Waals surface area (Å²) in [4.78, 5) is 106. The number of hydrogen-bond donors (Lipinski definition) is 6. The number of carbonyl (C=O) groups is 8. The van der Waals surface area contributed by atoms with E-state index in [0.717, 1.165) is 48.8 Å². The Bertz CT molecular complexity index is 3030. The van der Waals surface area contributed by atoms with E-state index in [9.17, 15) is 43.6 Å². The van der Waals surface area contributed by atoms with Crippen LogP contribution in [0.1, 0.15) is 182 Å². The highest BCUT2D eigenvalue weighted by Crippen LogP contribution is 2.41. The summed E-state index contributed by atoms with van der Waals surface area (Å²) >= 11 is 0. The number of hydrogen-bond acceptors (Lipinski definition) is 16. The molecule has 0 aromatic heterocycles. The Labute approximate surface area is 531 Å². The fraction of sp³-hybridized carbons (Fsp3) is 0.529. The van der Waals surface area contributed by atoms with Crippen LogP contribution in [-0.4, -0.2) is 115 Å². The molecule has 90 heavy (non-hydrogen) atoms. The molecule has 1 aliphatic heterocycles. The summed E-state index contributed by atoms with van der Waals surface area (Å²) in [5.74, 6) is -3.69. The van der Waals surface area contributed by atoms with E-state index in [2.05, 4.69) is 17.6 Å². The number of aliphatic carboxylic acids is 1. The fourth-order valence-electron chi connectivity index (χ4n) is 10.6. The molecule has 0 radical (unpaired) electrons. The number of nitrogens with two attached hydrogens (primary N) is 3. The fourth-order valence-corrected chi connectivity index (χ4v) is 10.6. The number of Topliss-reactive ketones (excluding diaryl/α,β-unsaturated/α-hetero) is 2. The van der Waals surface area contributed by atoms with E-state index in [0.29, 0.717) is 84.4 Å². The van der Waals surface area contributed by atoms with Crippen LogP contribution in [0.25, 0.3) is 11.1 Å². The first-order valence-electron chi connectivity index (χ1n) is 31.7. The molecule has 3 amide bonds. The van der Waals surface area contributed by atoms with Crippen molar-refractivity contribution in [1.82, 2.24) is 15.5 Å². The van der Waals surface area contributed by atoms with Gasteiger partial charge in [-0.1, -0.05) is 94.1 Å². The maximum atomic E-state index is 14.6. The van der Waals surface area contributed by atoms with Gasteiger partial charge in [-0.3, -0.25) is 38.4 Å². The quantitative estimate of drug-likeness (QED) is 0.0191. The predicted molar refractivity (Wildman–Crippen MR) is 345 cm³/mol. The van der Waals surface area contributed by atoms with Gasteiger partial charge in [0.05, 0.1) is 12.1 Å². The molecule has 0 aliphatic carbocycles. The molecule has 20 heteroatoms. The Morgan fingerprint density at radius 1 is 0.767 bits per heavy atom. The lowest BCUT2D eigenvalue weighted by atomic mass is 9.89. The van der Waals surface area contributed by atoms with Crippen molar-refractivity contribution in [3.05, 3.63) is 118 Å². The second-order valence-corrected chi connectivity index (χ2v) is 24.1. The molecular weight excluding hydrogens is 1150 g/mol. The Kier molecular flexibility index (Phi) is 32.4. The van der Waals surface area contributed by atoms with E-state index in [-0.39, 0.29) is 107 Å². The molecule has 1 heterocycles. The molecular formula is C70H97N7O13. The first-order valence-corrected chi connectivity index (χ1v) is 31.7. The molecule has 0 saturated carbocycles. The minimum atomic E-state index is -1.16. The average Bonchev–Trinajstić information content (AvgIpc) is 0.850. The Hall–Kier alpha value is -7.99. The molecule has 0 fully saturated rings. The molecule has 20 nitrogen and oxygen atoms in total. The van der Waals surface area contributed by atoms with E-state index >= 15 is 0 Å². The maximum absolute atomic E-state index is 14.6. The Morgan fingerprint density at radius 2 is 1.44 bits per heavy atom. The number of fused-ring (bicyclic) bond motifs is 5. The van der Waals surface area contributed by atoms with Gasteiger partial charge in [-0.25, -0.2) is 0 Å². The predicted octanol–water partition coefficient (Wildman–Crippen LogP) is 9.51. The van der Waals surface area contributed by atoms with Gasteiger partial charge in [-0.05, 0) is 143 Å². The van der Waals surface area contributed by atoms with Crippen molar-refractivity contribution in [2.75, 3.05) is 39.9 Å². The van der Waals surface area contributed by atoms with E-state index in [4.69, 9.17) is 41.3 Å². The van der Waals surface area contributed by atoms with Crippen LogP contribution in [0.5, 0.6) is 11.5 Å². The highest BCUT2D eigenvalue weighted by molar-refractivity contribution is 5.97. The third kappa shape index (κ3) is 26.2. The van der Waals surface area contributed by atoms with Crippen LogP contribution >= 0.6 is 0 Å². The number of nitrogens with zero attached hydrogens (tertiary/aromatic N) is 2. The normalized spacial score (nSPS) is 15.5. The summed E-state index contributed by atoms with van der Waals surface area (Å²) in [5.41, 5.74) is 22.7. The maximum Gasteiger partial charge on any atom is 0.306 e. The number of nitrogens with one attached hydrogen (secondary N) is 2. The zero-order valence-electron chi connectivity index (χ0n) is 53.9. The van der Waals surface area contributed by atoms with Crippen molar-refractivity contribution >= 4 is 47.2 Å². The molecule has 0 saturated heterocycles. The van der Waals surface area contributed by atoms with Crippen LogP contribution in [0.15, 0.2) is 84.9 Å². The summed E-state index contributed by atoms with van der Waals surface area (Å²) in [6.45, 7) is 12.6. The van der Waals surface area contributed by atoms with Gasteiger partial charge in [0.25, 0.3) is 5.91 Å². The van der Waals surface area contributed by atoms with Crippen molar-refractivity contribution in [3.63, 3.8) is 0 Å². The number of likely N-dealkylation sites (N-methyl/N-ethyl adjacent to an activating group) is 1. The van der Waals surface area contributed by atoms with Crippen molar-refractivity contribution in [2.24, 2.45) is 29.0 Å². The monoisotopic (exact) mass is 1240 g/mol. The number of rotatable bonds is 33. The van der Waals surface area contributed by atoms with E-state index < -0.39 is 53.2 Å². The van der Waals surface area contributed by atoms with Gasteiger partial charge in [0.15, 0.2) is 11.6 Å². The van der Waals surface area contributed by atoms with Crippen LogP contribution in [-0.2, 0) is 62.5 Å². The van der Waals surface area contributed by atoms with Gasteiger partial charge < -0.3 is 56.8 Å². The van der Waals surface area contributed by atoms with Crippen LogP contribution in [0.2, 0.25) is 0 Å². The zero-order chi connectivity index (χ0) is 66.2. The summed E-state index contributed by atoms with van der Waals surface area (Å²) in [6.07, 6.45) is 7.80. The lowest BCUT2D eigenvalue weighted by molar-refractivity contribution is -0.155. The Balaban J connectivity index is 0.000000516. The molecule has 9 N–H and O–H groups in total. The van der Waals surface area contributed by atoms with Gasteiger partial charge in [-0.2, -0.15) is 5.26 Å². The smallest absolute Gasteiger partial charge is 0.306 e. The lowest BCUT2D eigenvalue weighted by Crippen LogP contribution is -2.46. The number of aryl methyl sites for hydroxylation is 2. The minimum absolute atomic E-state index is 0.0174.